The molecule has 0 aromatic heterocycles. The fourth-order valence-electron chi connectivity index (χ4n) is 2.81. The molecule has 86 valence electrons. The van der Waals surface area contributed by atoms with E-state index in [1.54, 1.807) is 0 Å². The second-order valence-electron chi connectivity index (χ2n) is 5.24. The van der Waals surface area contributed by atoms with Crippen molar-refractivity contribution in [3.05, 3.63) is 0 Å². The van der Waals surface area contributed by atoms with Gasteiger partial charge in [0.1, 0.15) is 6.10 Å². The number of likely N-dealkylation sites (tertiary alicyclic amines) is 1. The molecule has 0 spiro atoms. The van der Waals surface area contributed by atoms with Gasteiger partial charge in [-0.2, -0.15) is 0 Å². The lowest BCUT2D eigenvalue weighted by atomic mass is 10.1. The molecule has 3 unspecified atom stereocenters. The minimum atomic E-state index is -0.453. The van der Waals surface area contributed by atoms with Crippen LogP contribution in [0.1, 0.15) is 13.8 Å². The number of piperidine rings is 1. The number of amides is 1. The summed E-state index contributed by atoms with van der Waals surface area (Å²) in [6.07, 6.45) is -0.453. The average Bonchev–Trinajstić information content (AvgIpc) is 2.62. The molecule has 1 aliphatic heterocycles. The first kappa shape index (κ1) is 10.9. The number of fused-ring (bicyclic) bond motifs is 1. The van der Waals surface area contributed by atoms with Crippen LogP contribution < -0.4 is 5.73 Å². The minimum Gasteiger partial charge on any atom is -0.370 e. The zero-order valence-corrected chi connectivity index (χ0v) is 9.69. The minimum absolute atomic E-state index is 0.0583. The van der Waals surface area contributed by atoms with Crippen LogP contribution in [0.15, 0.2) is 0 Å². The maximum Gasteiger partial charge on any atom is 0.253 e. The van der Waals surface area contributed by atoms with E-state index in [1.165, 1.54) is 7.11 Å². The molecule has 3 atom stereocenters. The summed E-state index contributed by atoms with van der Waals surface area (Å²) >= 11 is 0. The van der Waals surface area contributed by atoms with E-state index in [4.69, 9.17) is 10.5 Å². The summed E-state index contributed by atoms with van der Waals surface area (Å²) in [7, 11) is 1.54. The Hall–Kier alpha value is -0.610. The predicted octanol–water partition coefficient (Wildman–Crippen LogP) is 0.0745. The van der Waals surface area contributed by atoms with Crippen molar-refractivity contribution in [2.24, 2.45) is 23.0 Å². The van der Waals surface area contributed by atoms with Crippen molar-refractivity contribution in [2.45, 2.75) is 20.0 Å². The Morgan fingerprint density at radius 2 is 2.07 bits per heavy atom. The molecule has 1 saturated heterocycles. The van der Waals surface area contributed by atoms with Gasteiger partial charge in [-0.05, 0) is 17.3 Å². The van der Waals surface area contributed by atoms with Crippen LogP contribution in [0.3, 0.4) is 0 Å². The highest BCUT2D eigenvalue weighted by molar-refractivity contribution is 5.81. The summed E-state index contributed by atoms with van der Waals surface area (Å²) in [5, 5.41) is 0. The van der Waals surface area contributed by atoms with Crippen molar-refractivity contribution in [1.29, 1.82) is 0 Å². The second kappa shape index (κ2) is 3.46. The molecule has 0 bridgehead atoms. The molecule has 2 rings (SSSR count). The van der Waals surface area contributed by atoms with Crippen molar-refractivity contribution >= 4 is 5.91 Å². The van der Waals surface area contributed by atoms with E-state index >= 15 is 0 Å². The number of hydrogen-bond donors (Lipinski definition) is 1. The van der Waals surface area contributed by atoms with Crippen LogP contribution in [-0.2, 0) is 9.53 Å². The zero-order chi connectivity index (χ0) is 11.2. The van der Waals surface area contributed by atoms with Gasteiger partial charge in [-0.25, -0.2) is 0 Å². The molecule has 2 aliphatic rings. The molecule has 4 heteroatoms. The number of hydrogen-bond acceptors (Lipinski definition) is 3. The summed E-state index contributed by atoms with van der Waals surface area (Å²) in [4.78, 5) is 13.8. The SMILES string of the molecule is COC(CN)C(=O)N1CC2C(C1)C2(C)C. The van der Waals surface area contributed by atoms with Crippen molar-refractivity contribution in [1.82, 2.24) is 4.90 Å². The third kappa shape index (κ3) is 1.56. The molecule has 15 heavy (non-hydrogen) atoms. The summed E-state index contributed by atoms with van der Waals surface area (Å²) < 4.78 is 5.06. The summed E-state index contributed by atoms with van der Waals surface area (Å²) in [6, 6.07) is 0. The first-order valence-corrected chi connectivity index (χ1v) is 5.54. The van der Waals surface area contributed by atoms with E-state index < -0.39 is 6.10 Å². The Labute approximate surface area is 90.8 Å². The number of nitrogens with zero attached hydrogens (tertiary/aromatic N) is 1. The molecule has 2 fully saturated rings. The standard InChI is InChI=1S/C11H20N2O2/c1-11(2)7-5-13(6-8(7)11)10(14)9(4-12)15-3/h7-9H,4-6,12H2,1-3H3. The molecule has 1 aliphatic carbocycles. The van der Waals surface area contributed by atoms with E-state index in [0.29, 0.717) is 17.3 Å². The van der Waals surface area contributed by atoms with Gasteiger partial charge in [0.25, 0.3) is 5.91 Å². The highest BCUT2D eigenvalue weighted by atomic mass is 16.5. The van der Waals surface area contributed by atoms with Gasteiger partial charge < -0.3 is 15.4 Å². The third-order valence-corrected chi connectivity index (χ3v) is 4.21. The Morgan fingerprint density at radius 1 is 1.53 bits per heavy atom. The summed E-state index contributed by atoms with van der Waals surface area (Å²) in [6.45, 7) is 6.60. The molecule has 0 aromatic rings. The fraction of sp³-hybridized carbons (Fsp3) is 0.909. The Bertz CT molecular complexity index is 260. The largest absolute Gasteiger partial charge is 0.370 e. The van der Waals surface area contributed by atoms with Gasteiger partial charge in [0.2, 0.25) is 0 Å². The second-order valence-corrected chi connectivity index (χ2v) is 5.24. The lowest BCUT2D eigenvalue weighted by Crippen LogP contribution is -2.44. The van der Waals surface area contributed by atoms with Crippen LogP contribution in [0.25, 0.3) is 0 Å². The average molecular weight is 212 g/mol. The van der Waals surface area contributed by atoms with Crippen LogP contribution in [0.5, 0.6) is 0 Å². The highest BCUT2D eigenvalue weighted by Gasteiger charge is 2.62. The van der Waals surface area contributed by atoms with E-state index in [-0.39, 0.29) is 12.5 Å². The Morgan fingerprint density at radius 3 is 2.47 bits per heavy atom. The normalized spacial score (nSPS) is 33.7. The molecule has 4 nitrogen and oxygen atoms in total. The Kier molecular flexibility index (Phi) is 2.51. The van der Waals surface area contributed by atoms with Crippen molar-refractivity contribution in [3.8, 4) is 0 Å². The number of nitrogens with two attached hydrogens (primary N) is 1. The lowest BCUT2D eigenvalue weighted by molar-refractivity contribution is -0.141. The van der Waals surface area contributed by atoms with E-state index in [0.717, 1.165) is 13.1 Å². The van der Waals surface area contributed by atoms with Gasteiger partial charge in [-0.15, -0.1) is 0 Å². The van der Waals surface area contributed by atoms with E-state index in [2.05, 4.69) is 13.8 Å². The van der Waals surface area contributed by atoms with Crippen LogP contribution in [0.2, 0.25) is 0 Å². The van der Waals surface area contributed by atoms with Crippen molar-refractivity contribution in [2.75, 3.05) is 26.7 Å². The number of carbonyl (C=O) groups excluding carboxylic acids is 1. The van der Waals surface area contributed by atoms with Gasteiger partial charge in [0, 0.05) is 26.7 Å². The molecular weight excluding hydrogens is 192 g/mol. The molecule has 0 radical (unpaired) electrons. The maximum absolute atomic E-state index is 11.9. The first-order valence-electron chi connectivity index (χ1n) is 5.54. The highest BCUT2D eigenvalue weighted by Crippen LogP contribution is 2.61. The molecular formula is C11H20N2O2. The van der Waals surface area contributed by atoms with Crippen LogP contribution in [0, 0.1) is 17.3 Å². The van der Waals surface area contributed by atoms with E-state index in [1.807, 2.05) is 4.90 Å². The van der Waals surface area contributed by atoms with Crippen LogP contribution in [0.4, 0.5) is 0 Å². The van der Waals surface area contributed by atoms with Gasteiger partial charge in [-0.1, -0.05) is 13.8 Å². The quantitative estimate of drug-likeness (QED) is 0.720. The molecule has 1 saturated carbocycles. The Balaban J connectivity index is 1.91. The molecule has 2 N–H and O–H groups in total. The first-order chi connectivity index (χ1) is 7.02. The molecule has 1 heterocycles. The number of ether oxygens (including phenoxy) is 1. The summed E-state index contributed by atoms with van der Waals surface area (Å²) in [5.74, 6) is 1.44. The van der Waals surface area contributed by atoms with Crippen molar-refractivity contribution < 1.29 is 9.53 Å². The predicted molar refractivity (Wildman–Crippen MR) is 57.2 cm³/mol. The fourth-order valence-corrected chi connectivity index (χ4v) is 2.81. The van der Waals surface area contributed by atoms with Crippen molar-refractivity contribution in [3.63, 3.8) is 0 Å². The number of carbonyl (C=O) groups is 1. The number of methoxy groups -OCH3 is 1. The van der Waals surface area contributed by atoms with Crippen LogP contribution in [-0.4, -0.2) is 43.7 Å². The maximum atomic E-state index is 11.9. The zero-order valence-electron chi connectivity index (χ0n) is 9.69. The van der Waals surface area contributed by atoms with E-state index in [9.17, 15) is 4.79 Å². The van der Waals surface area contributed by atoms with Gasteiger partial charge in [0.15, 0.2) is 0 Å². The van der Waals surface area contributed by atoms with Gasteiger partial charge in [0.05, 0.1) is 0 Å². The van der Waals surface area contributed by atoms with Crippen LogP contribution >= 0.6 is 0 Å². The lowest BCUT2D eigenvalue weighted by Gasteiger charge is -2.25. The van der Waals surface area contributed by atoms with Gasteiger partial charge >= 0.3 is 0 Å². The molecule has 0 aromatic carbocycles. The third-order valence-electron chi connectivity index (χ3n) is 4.21. The monoisotopic (exact) mass is 212 g/mol. The topological polar surface area (TPSA) is 55.6 Å². The smallest absolute Gasteiger partial charge is 0.253 e. The van der Waals surface area contributed by atoms with Gasteiger partial charge in [-0.3, -0.25) is 4.79 Å². The summed E-state index contributed by atoms with van der Waals surface area (Å²) in [5.41, 5.74) is 5.92. The molecule has 1 amide bonds. The number of rotatable bonds is 3.